The molecule has 0 saturated heterocycles. The highest BCUT2D eigenvalue weighted by atomic mass is 35.5. The third-order valence-corrected chi connectivity index (χ3v) is 4.87. The zero-order chi connectivity index (χ0) is 17.0. The lowest BCUT2D eigenvalue weighted by atomic mass is 10.2. The minimum Gasteiger partial charge on any atom is -0.422 e. The summed E-state index contributed by atoms with van der Waals surface area (Å²) in [5.74, 6) is -0.636. The first-order valence-electron chi connectivity index (χ1n) is 6.87. The number of rotatable bonds is 5. The zero-order valence-corrected chi connectivity index (χ0v) is 14.2. The number of nitrogens with zero attached hydrogens (tertiary/aromatic N) is 2. The quantitative estimate of drug-likeness (QED) is 0.466. The highest BCUT2D eigenvalue weighted by molar-refractivity contribution is 7.91. The van der Waals surface area contributed by atoms with Gasteiger partial charge in [0.25, 0.3) is 0 Å². The van der Waals surface area contributed by atoms with Crippen molar-refractivity contribution in [1.82, 2.24) is 9.97 Å². The van der Waals surface area contributed by atoms with Gasteiger partial charge in [0.15, 0.2) is 5.69 Å². The highest BCUT2D eigenvalue weighted by Gasteiger charge is 2.22. The van der Waals surface area contributed by atoms with Crippen LogP contribution in [0.1, 0.15) is 29.4 Å². The van der Waals surface area contributed by atoms with Gasteiger partial charge in [0.05, 0.1) is 17.0 Å². The van der Waals surface area contributed by atoms with E-state index in [0.717, 1.165) is 11.8 Å². The molecule has 0 aliphatic rings. The van der Waals surface area contributed by atoms with Gasteiger partial charge in [-0.3, -0.25) is 0 Å². The lowest BCUT2D eigenvalue weighted by Crippen LogP contribution is -2.17. The van der Waals surface area contributed by atoms with Crippen molar-refractivity contribution < 1.29 is 17.9 Å². The Hall–Kier alpha value is -1.99. The number of carbonyl (C=O) groups is 1. The second kappa shape index (κ2) is 7.06. The van der Waals surface area contributed by atoms with Gasteiger partial charge in [-0.2, -0.15) is 0 Å². The molecule has 0 fully saturated rings. The van der Waals surface area contributed by atoms with Gasteiger partial charge >= 0.3 is 5.97 Å². The average molecular weight is 355 g/mol. The van der Waals surface area contributed by atoms with Crippen molar-refractivity contribution in [3.05, 3.63) is 46.7 Å². The normalized spacial score (nSPS) is 11.3. The summed E-state index contributed by atoms with van der Waals surface area (Å²) in [4.78, 5) is 19.6. The molecule has 1 heterocycles. The third kappa shape index (κ3) is 4.27. The lowest BCUT2D eigenvalue weighted by Gasteiger charge is -2.07. The maximum atomic E-state index is 12.2. The van der Waals surface area contributed by atoms with Crippen LogP contribution in [0.15, 0.2) is 35.6 Å². The van der Waals surface area contributed by atoms with E-state index in [1.54, 1.807) is 31.2 Å². The second-order valence-corrected chi connectivity index (χ2v) is 7.28. The number of hydrogen-bond donors (Lipinski definition) is 0. The Morgan fingerprint density at radius 3 is 2.52 bits per heavy atom. The van der Waals surface area contributed by atoms with Crippen molar-refractivity contribution >= 4 is 27.4 Å². The van der Waals surface area contributed by atoms with E-state index >= 15 is 0 Å². The Labute approximate surface area is 139 Å². The molecule has 0 atom stereocenters. The third-order valence-electron chi connectivity index (χ3n) is 2.90. The van der Waals surface area contributed by atoms with Crippen LogP contribution in [0.4, 0.5) is 0 Å². The molecule has 6 nitrogen and oxygen atoms in total. The van der Waals surface area contributed by atoms with Crippen molar-refractivity contribution in [1.29, 1.82) is 0 Å². The Morgan fingerprint density at radius 1 is 1.26 bits per heavy atom. The van der Waals surface area contributed by atoms with E-state index in [0.29, 0.717) is 12.2 Å². The summed E-state index contributed by atoms with van der Waals surface area (Å²) in [5, 5.41) is -0.503. The fraction of sp³-hybridized carbons (Fsp3) is 0.267. The summed E-state index contributed by atoms with van der Waals surface area (Å²) in [6.45, 7) is 3.62. The van der Waals surface area contributed by atoms with Crippen molar-refractivity contribution in [2.24, 2.45) is 0 Å². The van der Waals surface area contributed by atoms with Crippen LogP contribution in [0.25, 0.3) is 0 Å². The van der Waals surface area contributed by atoms with Crippen LogP contribution >= 0.6 is 11.6 Å². The van der Waals surface area contributed by atoms with Crippen molar-refractivity contribution in [2.75, 3.05) is 5.75 Å². The smallest absolute Gasteiger partial charge is 0.364 e. The molecule has 8 heteroatoms. The number of carbonyl (C=O) groups excluding carboxylic acids is 1. The van der Waals surface area contributed by atoms with E-state index in [-0.39, 0.29) is 16.5 Å². The second-order valence-electron chi connectivity index (χ2n) is 4.87. The standard InChI is InChI=1S/C15H15ClN2O4S/c1-3-8-23(20,21)15-17-9-12(16)13(18-15)14(19)22-11-6-4-10(2)5-7-11/h4-7,9H,3,8H2,1-2H3. The predicted octanol–water partition coefficient (Wildman–Crippen LogP) is 2.84. The summed E-state index contributed by atoms with van der Waals surface area (Å²) >= 11 is 5.89. The minimum atomic E-state index is -3.65. The monoisotopic (exact) mass is 354 g/mol. The molecule has 0 amide bonds. The number of benzene rings is 1. The van der Waals surface area contributed by atoms with Gasteiger partial charge in [-0.1, -0.05) is 36.2 Å². The Bertz CT molecular complexity index is 820. The molecule has 2 aromatic rings. The van der Waals surface area contributed by atoms with Crippen molar-refractivity contribution in [2.45, 2.75) is 25.4 Å². The SMILES string of the molecule is CCCS(=O)(=O)c1ncc(Cl)c(C(=O)Oc2ccc(C)cc2)n1. The van der Waals surface area contributed by atoms with E-state index < -0.39 is 21.0 Å². The van der Waals surface area contributed by atoms with Crippen LogP contribution in [-0.2, 0) is 9.84 Å². The average Bonchev–Trinajstić information content (AvgIpc) is 2.49. The number of aryl methyl sites for hydroxylation is 1. The van der Waals surface area contributed by atoms with E-state index in [1.165, 1.54) is 0 Å². The molecule has 0 spiro atoms. The molecule has 0 bridgehead atoms. The van der Waals surface area contributed by atoms with Crippen LogP contribution < -0.4 is 4.74 Å². The zero-order valence-electron chi connectivity index (χ0n) is 12.6. The topological polar surface area (TPSA) is 86.2 Å². The molecule has 1 aromatic carbocycles. The Kier molecular flexibility index (Phi) is 5.33. The van der Waals surface area contributed by atoms with Gasteiger partial charge in [-0.15, -0.1) is 0 Å². The van der Waals surface area contributed by atoms with E-state index in [4.69, 9.17) is 16.3 Å². The molecule has 0 N–H and O–H groups in total. The lowest BCUT2D eigenvalue weighted by molar-refractivity contribution is 0.0727. The first-order valence-corrected chi connectivity index (χ1v) is 8.90. The van der Waals surface area contributed by atoms with E-state index in [1.807, 2.05) is 6.92 Å². The fourth-order valence-corrected chi connectivity index (χ4v) is 3.10. The van der Waals surface area contributed by atoms with Gasteiger partial charge in [-0.05, 0) is 25.5 Å². The van der Waals surface area contributed by atoms with Gasteiger partial charge in [0, 0.05) is 0 Å². The van der Waals surface area contributed by atoms with Gasteiger partial charge in [0.2, 0.25) is 15.0 Å². The summed E-state index contributed by atoms with van der Waals surface area (Å²) < 4.78 is 29.1. The van der Waals surface area contributed by atoms with Crippen LogP contribution in [-0.4, -0.2) is 30.1 Å². The molecule has 1 aromatic heterocycles. The summed E-state index contributed by atoms with van der Waals surface area (Å²) in [5.41, 5.74) is 0.731. The summed E-state index contributed by atoms with van der Waals surface area (Å²) in [7, 11) is -3.65. The van der Waals surface area contributed by atoms with Crippen molar-refractivity contribution in [3.63, 3.8) is 0 Å². The van der Waals surface area contributed by atoms with Crippen LogP contribution in [0.5, 0.6) is 5.75 Å². The minimum absolute atomic E-state index is 0.0717. The number of sulfone groups is 1. The number of aromatic nitrogens is 2. The molecule has 0 unspecified atom stereocenters. The molecule has 0 radical (unpaired) electrons. The first-order chi connectivity index (χ1) is 10.8. The van der Waals surface area contributed by atoms with Crippen LogP contribution in [0, 0.1) is 6.92 Å². The Morgan fingerprint density at radius 2 is 1.91 bits per heavy atom. The Balaban J connectivity index is 2.31. The molecule has 23 heavy (non-hydrogen) atoms. The van der Waals surface area contributed by atoms with Gasteiger partial charge < -0.3 is 4.74 Å². The first kappa shape index (κ1) is 17.4. The molecule has 0 aliphatic heterocycles. The number of hydrogen-bond acceptors (Lipinski definition) is 6. The molecule has 2 rings (SSSR count). The maximum Gasteiger partial charge on any atom is 0.364 e. The highest BCUT2D eigenvalue weighted by Crippen LogP contribution is 2.19. The molecular weight excluding hydrogens is 340 g/mol. The van der Waals surface area contributed by atoms with E-state index in [9.17, 15) is 13.2 Å². The number of halogens is 1. The van der Waals surface area contributed by atoms with Crippen molar-refractivity contribution in [3.8, 4) is 5.75 Å². The molecule has 0 saturated carbocycles. The maximum absolute atomic E-state index is 12.2. The fourth-order valence-electron chi connectivity index (χ4n) is 1.77. The van der Waals surface area contributed by atoms with E-state index in [2.05, 4.69) is 9.97 Å². The largest absolute Gasteiger partial charge is 0.422 e. The van der Waals surface area contributed by atoms with Crippen LogP contribution in [0.3, 0.4) is 0 Å². The molecular formula is C15H15ClN2O4S. The number of esters is 1. The predicted molar refractivity (Wildman–Crippen MR) is 85.5 cm³/mol. The summed E-state index contributed by atoms with van der Waals surface area (Å²) in [6.07, 6.45) is 1.50. The molecule has 0 aliphatic carbocycles. The number of ether oxygens (including phenoxy) is 1. The van der Waals surface area contributed by atoms with Crippen LogP contribution in [0.2, 0.25) is 5.02 Å². The summed E-state index contributed by atoms with van der Waals surface area (Å²) in [6, 6.07) is 6.80. The van der Waals surface area contributed by atoms with Gasteiger partial charge in [-0.25, -0.2) is 23.2 Å². The molecule has 122 valence electrons. The van der Waals surface area contributed by atoms with Gasteiger partial charge in [0.1, 0.15) is 5.75 Å².